The highest BCUT2D eigenvalue weighted by Crippen LogP contribution is 2.26. The number of hydrogen-bond acceptors (Lipinski definition) is 4. The molecular formula is C17H21FN2O4S. The topological polar surface area (TPSA) is 95.5 Å². The van der Waals surface area contributed by atoms with E-state index in [2.05, 4.69) is 10.6 Å². The summed E-state index contributed by atoms with van der Waals surface area (Å²) in [5, 5.41) is 14.0. The van der Waals surface area contributed by atoms with Gasteiger partial charge in [0.15, 0.2) is 0 Å². The average Bonchev–Trinajstić information content (AvgIpc) is 3.03. The lowest BCUT2D eigenvalue weighted by Gasteiger charge is -2.16. The number of halogens is 1. The lowest BCUT2D eigenvalue weighted by Crippen LogP contribution is -2.38. The lowest BCUT2D eigenvalue weighted by atomic mass is 10.1. The van der Waals surface area contributed by atoms with Crippen molar-refractivity contribution in [1.29, 1.82) is 0 Å². The number of benzene rings is 1. The van der Waals surface area contributed by atoms with E-state index in [1.165, 1.54) is 36.0 Å². The Labute approximate surface area is 149 Å². The molecule has 1 aliphatic rings. The maximum atomic E-state index is 12.8. The van der Waals surface area contributed by atoms with E-state index in [-0.39, 0.29) is 29.4 Å². The largest absolute Gasteiger partial charge is 0.481 e. The highest BCUT2D eigenvalue weighted by Gasteiger charge is 2.31. The summed E-state index contributed by atoms with van der Waals surface area (Å²) in [7, 11) is 0. The zero-order valence-corrected chi connectivity index (χ0v) is 14.6. The van der Waals surface area contributed by atoms with Crippen molar-refractivity contribution in [2.24, 2.45) is 5.92 Å². The van der Waals surface area contributed by atoms with E-state index in [0.717, 1.165) is 0 Å². The molecule has 1 fully saturated rings. The van der Waals surface area contributed by atoms with Crippen LogP contribution in [-0.2, 0) is 14.4 Å². The van der Waals surface area contributed by atoms with Crippen molar-refractivity contribution in [2.45, 2.75) is 37.5 Å². The van der Waals surface area contributed by atoms with Gasteiger partial charge in [0.05, 0.1) is 16.9 Å². The predicted molar refractivity (Wildman–Crippen MR) is 93.9 cm³/mol. The SMILES string of the molecule is CC(SCC(=O)Nc1ccc(F)cc1)C(=O)N[C@H]1CC[C@@H](C(=O)O)C1. The summed E-state index contributed by atoms with van der Waals surface area (Å²) in [5.74, 6) is -1.98. The van der Waals surface area contributed by atoms with Crippen LogP contribution >= 0.6 is 11.8 Å². The molecular weight excluding hydrogens is 347 g/mol. The van der Waals surface area contributed by atoms with E-state index in [0.29, 0.717) is 24.9 Å². The first-order valence-electron chi connectivity index (χ1n) is 8.05. The van der Waals surface area contributed by atoms with Crippen LogP contribution in [0.3, 0.4) is 0 Å². The summed E-state index contributed by atoms with van der Waals surface area (Å²) in [6, 6.07) is 5.32. The smallest absolute Gasteiger partial charge is 0.306 e. The van der Waals surface area contributed by atoms with Gasteiger partial charge in [0.25, 0.3) is 0 Å². The van der Waals surface area contributed by atoms with Gasteiger partial charge in [-0.2, -0.15) is 0 Å². The normalized spacial score (nSPS) is 20.7. The van der Waals surface area contributed by atoms with E-state index in [9.17, 15) is 18.8 Å². The molecule has 1 aliphatic carbocycles. The van der Waals surface area contributed by atoms with Crippen LogP contribution in [0.5, 0.6) is 0 Å². The Kier molecular flexibility index (Phi) is 6.81. The van der Waals surface area contributed by atoms with Gasteiger partial charge in [-0.3, -0.25) is 14.4 Å². The van der Waals surface area contributed by atoms with Gasteiger partial charge < -0.3 is 15.7 Å². The van der Waals surface area contributed by atoms with Crippen LogP contribution in [-0.4, -0.2) is 39.9 Å². The Bertz CT molecular complexity index is 638. The maximum absolute atomic E-state index is 12.8. The second-order valence-electron chi connectivity index (χ2n) is 6.06. The van der Waals surface area contributed by atoms with E-state index >= 15 is 0 Å². The molecule has 0 bridgehead atoms. The number of nitrogens with one attached hydrogen (secondary N) is 2. The average molecular weight is 368 g/mol. The number of carboxylic acid groups (broad SMARTS) is 1. The first-order valence-corrected chi connectivity index (χ1v) is 9.10. The molecule has 0 spiro atoms. The van der Waals surface area contributed by atoms with Gasteiger partial charge in [-0.25, -0.2) is 4.39 Å². The molecule has 6 nitrogen and oxygen atoms in total. The van der Waals surface area contributed by atoms with Crippen molar-refractivity contribution in [3.8, 4) is 0 Å². The van der Waals surface area contributed by atoms with Crippen LogP contribution in [0.15, 0.2) is 24.3 Å². The molecule has 25 heavy (non-hydrogen) atoms. The summed E-state index contributed by atoms with van der Waals surface area (Å²) in [6.45, 7) is 1.70. The summed E-state index contributed by atoms with van der Waals surface area (Å²) in [6.07, 6.45) is 1.68. The predicted octanol–water partition coefficient (Wildman–Crippen LogP) is 2.26. The number of aliphatic carboxylic acids is 1. The van der Waals surface area contributed by atoms with E-state index in [1.54, 1.807) is 6.92 Å². The number of amides is 2. The lowest BCUT2D eigenvalue weighted by molar-refractivity contribution is -0.141. The number of thioether (sulfide) groups is 1. The molecule has 1 aromatic rings. The van der Waals surface area contributed by atoms with Crippen LogP contribution in [0.1, 0.15) is 26.2 Å². The minimum absolute atomic E-state index is 0.0916. The Morgan fingerprint density at radius 2 is 1.96 bits per heavy atom. The fourth-order valence-corrected chi connectivity index (χ4v) is 3.36. The van der Waals surface area contributed by atoms with Crippen LogP contribution < -0.4 is 10.6 Å². The fraction of sp³-hybridized carbons (Fsp3) is 0.471. The van der Waals surface area contributed by atoms with Gasteiger partial charge in [-0.1, -0.05) is 0 Å². The van der Waals surface area contributed by atoms with Gasteiger partial charge in [0.1, 0.15) is 5.82 Å². The first-order chi connectivity index (χ1) is 11.8. The van der Waals surface area contributed by atoms with Crippen molar-refractivity contribution in [2.75, 3.05) is 11.1 Å². The minimum Gasteiger partial charge on any atom is -0.481 e. The van der Waals surface area contributed by atoms with Crippen molar-refractivity contribution < 1.29 is 23.9 Å². The third-order valence-corrected chi connectivity index (χ3v) is 5.23. The third-order valence-electron chi connectivity index (χ3n) is 4.09. The molecule has 8 heteroatoms. The molecule has 0 heterocycles. The quantitative estimate of drug-likeness (QED) is 0.686. The van der Waals surface area contributed by atoms with Crippen molar-refractivity contribution >= 4 is 35.2 Å². The van der Waals surface area contributed by atoms with Gasteiger partial charge in [0, 0.05) is 11.7 Å². The Morgan fingerprint density at radius 1 is 1.28 bits per heavy atom. The molecule has 0 saturated heterocycles. The number of rotatable bonds is 7. The molecule has 3 N–H and O–H groups in total. The summed E-state index contributed by atoms with van der Waals surface area (Å²) < 4.78 is 12.8. The molecule has 1 saturated carbocycles. The van der Waals surface area contributed by atoms with Crippen LogP contribution in [0.4, 0.5) is 10.1 Å². The Hall–Kier alpha value is -2.09. The van der Waals surface area contributed by atoms with Crippen LogP contribution in [0, 0.1) is 11.7 Å². The summed E-state index contributed by atoms with van der Waals surface area (Å²) in [4.78, 5) is 34.9. The minimum atomic E-state index is -0.823. The number of carbonyl (C=O) groups is 3. The first kappa shape index (κ1) is 19.2. The second-order valence-corrected chi connectivity index (χ2v) is 7.39. The van der Waals surface area contributed by atoms with Gasteiger partial charge in [-0.05, 0) is 50.5 Å². The molecule has 2 amide bonds. The van der Waals surface area contributed by atoms with E-state index in [4.69, 9.17) is 5.11 Å². The molecule has 3 atom stereocenters. The Morgan fingerprint density at radius 3 is 2.56 bits per heavy atom. The molecule has 0 aromatic heterocycles. The zero-order chi connectivity index (χ0) is 18.4. The van der Waals surface area contributed by atoms with Crippen molar-refractivity contribution in [3.05, 3.63) is 30.1 Å². The van der Waals surface area contributed by atoms with Crippen molar-refractivity contribution in [1.82, 2.24) is 5.32 Å². The molecule has 1 unspecified atom stereocenters. The van der Waals surface area contributed by atoms with Gasteiger partial charge in [-0.15, -0.1) is 11.8 Å². The molecule has 1 aromatic carbocycles. The van der Waals surface area contributed by atoms with Gasteiger partial charge in [0.2, 0.25) is 11.8 Å². The number of hydrogen-bond donors (Lipinski definition) is 3. The third kappa shape index (κ3) is 6.04. The molecule has 0 radical (unpaired) electrons. The van der Waals surface area contributed by atoms with Crippen LogP contribution in [0.25, 0.3) is 0 Å². The number of anilines is 1. The standard InChI is InChI=1S/C17H21FN2O4S/c1-10(16(22)20-14-5-2-11(8-14)17(23)24)25-9-15(21)19-13-6-3-12(18)4-7-13/h3-4,6-7,10-11,14H,2,5,8-9H2,1H3,(H,19,21)(H,20,22)(H,23,24)/t10?,11-,14+/m1/s1. The zero-order valence-electron chi connectivity index (χ0n) is 13.8. The molecule has 136 valence electrons. The Balaban J connectivity index is 1.71. The molecule has 0 aliphatic heterocycles. The number of carbonyl (C=O) groups excluding carboxylic acids is 2. The van der Waals surface area contributed by atoms with Crippen LogP contribution in [0.2, 0.25) is 0 Å². The van der Waals surface area contributed by atoms with E-state index < -0.39 is 17.1 Å². The molecule has 2 rings (SSSR count). The van der Waals surface area contributed by atoms with E-state index in [1.807, 2.05) is 0 Å². The monoisotopic (exact) mass is 368 g/mol. The highest BCUT2D eigenvalue weighted by atomic mass is 32.2. The maximum Gasteiger partial charge on any atom is 0.306 e. The van der Waals surface area contributed by atoms with Gasteiger partial charge >= 0.3 is 5.97 Å². The summed E-state index contributed by atoms with van der Waals surface area (Å²) >= 11 is 1.19. The number of carboxylic acids is 1. The van der Waals surface area contributed by atoms with Crippen molar-refractivity contribution in [3.63, 3.8) is 0 Å². The summed E-state index contributed by atoms with van der Waals surface area (Å²) in [5.41, 5.74) is 0.495. The highest BCUT2D eigenvalue weighted by molar-refractivity contribution is 8.01. The fourth-order valence-electron chi connectivity index (χ4n) is 2.66. The second kappa shape index (κ2) is 8.84.